The maximum atomic E-state index is 12.5. The molecule has 1 aliphatic rings. The molecule has 134 valence electrons. The normalized spacial score (nSPS) is 17.7. The smallest absolute Gasteiger partial charge is 0.339 e. The highest BCUT2D eigenvalue weighted by Gasteiger charge is 2.23. The number of carbonyl (C=O) groups excluding carboxylic acids is 1. The zero-order valence-electron chi connectivity index (χ0n) is 14.9. The highest BCUT2D eigenvalue weighted by molar-refractivity contribution is 5.83. The van der Waals surface area contributed by atoms with Gasteiger partial charge in [-0.15, -0.1) is 0 Å². The van der Waals surface area contributed by atoms with Gasteiger partial charge < -0.3 is 19.4 Å². The first kappa shape index (κ1) is 17.5. The Morgan fingerprint density at radius 1 is 1.44 bits per heavy atom. The number of nitrogens with zero attached hydrogens (tertiary/aromatic N) is 1. The summed E-state index contributed by atoms with van der Waals surface area (Å²) >= 11 is 0. The number of hydrogen-bond acceptors (Lipinski definition) is 5. The summed E-state index contributed by atoms with van der Waals surface area (Å²) in [5.74, 6) is 0.730. The van der Waals surface area contributed by atoms with Crippen molar-refractivity contribution in [2.75, 3.05) is 26.7 Å². The van der Waals surface area contributed by atoms with Gasteiger partial charge in [-0.1, -0.05) is 0 Å². The third-order valence-corrected chi connectivity index (χ3v) is 4.91. The van der Waals surface area contributed by atoms with Crippen LogP contribution in [-0.4, -0.2) is 43.6 Å². The van der Waals surface area contributed by atoms with Gasteiger partial charge in [-0.05, 0) is 38.0 Å². The fourth-order valence-corrected chi connectivity index (χ4v) is 3.38. The minimum atomic E-state index is -0.376. The lowest BCUT2D eigenvalue weighted by molar-refractivity contribution is -0.133. The summed E-state index contributed by atoms with van der Waals surface area (Å²) in [6.45, 7) is 6.27. The average molecular weight is 344 g/mol. The van der Waals surface area contributed by atoms with E-state index >= 15 is 0 Å². The van der Waals surface area contributed by atoms with Gasteiger partial charge >= 0.3 is 5.63 Å². The fraction of sp³-hybridized carbons (Fsp3) is 0.474. The van der Waals surface area contributed by atoms with Crippen LogP contribution in [0.5, 0.6) is 5.75 Å². The molecule has 1 fully saturated rings. The molecule has 1 saturated heterocycles. The minimum absolute atomic E-state index is 0.0858. The standard InChI is InChI=1S/C19H24N2O4/c1-12-11-20-8-9-21(12)18(22)7-6-16-13(2)15-5-4-14(24-3)10-17(15)25-19(16)23/h4-5,10,12,20H,6-9,11H2,1-3H3/t12-/m1/s1. The number of methoxy groups -OCH3 is 1. The van der Waals surface area contributed by atoms with E-state index in [1.54, 1.807) is 13.2 Å². The van der Waals surface area contributed by atoms with E-state index in [1.807, 2.05) is 30.9 Å². The predicted molar refractivity (Wildman–Crippen MR) is 96.1 cm³/mol. The van der Waals surface area contributed by atoms with E-state index in [1.165, 1.54) is 0 Å². The maximum absolute atomic E-state index is 12.5. The highest BCUT2D eigenvalue weighted by atomic mass is 16.5. The van der Waals surface area contributed by atoms with Crippen molar-refractivity contribution in [1.82, 2.24) is 10.2 Å². The molecular formula is C19H24N2O4. The topological polar surface area (TPSA) is 71.8 Å². The second kappa shape index (κ2) is 7.27. The van der Waals surface area contributed by atoms with E-state index in [4.69, 9.17) is 9.15 Å². The fourth-order valence-electron chi connectivity index (χ4n) is 3.38. The van der Waals surface area contributed by atoms with E-state index in [0.29, 0.717) is 36.3 Å². The van der Waals surface area contributed by atoms with Crippen LogP contribution < -0.4 is 15.7 Å². The molecule has 3 rings (SSSR count). The Morgan fingerprint density at radius 2 is 2.24 bits per heavy atom. The zero-order chi connectivity index (χ0) is 18.0. The van der Waals surface area contributed by atoms with Crippen LogP contribution in [0.3, 0.4) is 0 Å². The lowest BCUT2D eigenvalue weighted by Crippen LogP contribution is -2.52. The van der Waals surface area contributed by atoms with Gasteiger partial charge in [0.15, 0.2) is 0 Å². The van der Waals surface area contributed by atoms with Crippen LogP contribution in [0.4, 0.5) is 0 Å². The first-order valence-corrected chi connectivity index (χ1v) is 8.61. The first-order valence-electron chi connectivity index (χ1n) is 8.61. The predicted octanol–water partition coefficient (Wildman–Crippen LogP) is 1.86. The number of amides is 1. The molecule has 1 aromatic carbocycles. The molecule has 1 amide bonds. The summed E-state index contributed by atoms with van der Waals surface area (Å²) in [5.41, 5.74) is 1.58. The van der Waals surface area contributed by atoms with E-state index in [9.17, 15) is 9.59 Å². The molecule has 2 heterocycles. The number of rotatable bonds is 4. The van der Waals surface area contributed by atoms with Crippen molar-refractivity contribution in [2.24, 2.45) is 0 Å². The van der Waals surface area contributed by atoms with Crippen molar-refractivity contribution in [3.8, 4) is 5.75 Å². The van der Waals surface area contributed by atoms with Crippen LogP contribution in [0.1, 0.15) is 24.5 Å². The van der Waals surface area contributed by atoms with Gasteiger partial charge in [0.05, 0.1) is 7.11 Å². The Morgan fingerprint density at radius 3 is 2.96 bits per heavy atom. The van der Waals surface area contributed by atoms with Gasteiger partial charge in [0, 0.05) is 49.1 Å². The van der Waals surface area contributed by atoms with Crippen LogP contribution in [0.2, 0.25) is 0 Å². The molecule has 25 heavy (non-hydrogen) atoms. The summed E-state index contributed by atoms with van der Waals surface area (Å²) in [7, 11) is 1.57. The number of benzene rings is 1. The van der Waals surface area contributed by atoms with Crippen molar-refractivity contribution in [3.63, 3.8) is 0 Å². The molecule has 0 radical (unpaired) electrons. The number of carbonyl (C=O) groups is 1. The van der Waals surface area contributed by atoms with Crippen LogP contribution in [0.15, 0.2) is 27.4 Å². The number of ether oxygens (including phenoxy) is 1. The summed E-state index contributed by atoms with van der Waals surface area (Å²) in [5, 5.41) is 4.15. The van der Waals surface area contributed by atoms with E-state index < -0.39 is 0 Å². The van der Waals surface area contributed by atoms with Crippen LogP contribution in [0.25, 0.3) is 11.0 Å². The average Bonchev–Trinajstić information content (AvgIpc) is 2.61. The second-order valence-corrected chi connectivity index (χ2v) is 6.50. The third-order valence-electron chi connectivity index (χ3n) is 4.91. The molecule has 0 aliphatic carbocycles. The summed E-state index contributed by atoms with van der Waals surface area (Å²) in [6, 6.07) is 5.62. The zero-order valence-corrected chi connectivity index (χ0v) is 14.9. The van der Waals surface area contributed by atoms with Gasteiger partial charge in [0.1, 0.15) is 11.3 Å². The van der Waals surface area contributed by atoms with Gasteiger partial charge in [0.25, 0.3) is 0 Å². The number of aryl methyl sites for hydroxylation is 1. The minimum Gasteiger partial charge on any atom is -0.497 e. The second-order valence-electron chi connectivity index (χ2n) is 6.50. The Hall–Kier alpha value is -2.34. The molecule has 0 bridgehead atoms. The van der Waals surface area contributed by atoms with Gasteiger partial charge in [-0.25, -0.2) is 4.79 Å². The lowest BCUT2D eigenvalue weighted by atomic mass is 10.0. The Bertz CT molecular complexity index is 843. The molecule has 1 atom stereocenters. The number of hydrogen-bond donors (Lipinski definition) is 1. The van der Waals surface area contributed by atoms with Gasteiger partial charge in [0.2, 0.25) is 5.91 Å². The molecule has 6 nitrogen and oxygen atoms in total. The first-order chi connectivity index (χ1) is 12.0. The van der Waals surface area contributed by atoms with Gasteiger partial charge in [-0.3, -0.25) is 4.79 Å². The molecule has 2 aromatic rings. The van der Waals surface area contributed by atoms with Crippen molar-refractivity contribution >= 4 is 16.9 Å². The van der Waals surface area contributed by atoms with E-state index in [0.717, 1.165) is 24.0 Å². The number of piperazine rings is 1. The third kappa shape index (κ3) is 3.54. The maximum Gasteiger partial charge on any atom is 0.339 e. The SMILES string of the molecule is COc1ccc2c(C)c(CCC(=O)N3CCNC[C@H]3C)c(=O)oc2c1. The Labute approximate surface area is 146 Å². The van der Waals surface area contributed by atoms with Gasteiger partial charge in [-0.2, -0.15) is 0 Å². The van der Waals surface area contributed by atoms with Crippen molar-refractivity contribution in [2.45, 2.75) is 32.7 Å². The number of fused-ring (bicyclic) bond motifs is 1. The Kier molecular flexibility index (Phi) is 5.08. The molecule has 1 aliphatic heterocycles. The monoisotopic (exact) mass is 344 g/mol. The van der Waals surface area contributed by atoms with Crippen LogP contribution in [0, 0.1) is 6.92 Å². The lowest BCUT2D eigenvalue weighted by Gasteiger charge is -2.34. The molecule has 0 saturated carbocycles. The summed E-state index contributed by atoms with van der Waals surface area (Å²) < 4.78 is 10.6. The van der Waals surface area contributed by atoms with E-state index in [-0.39, 0.29) is 17.6 Å². The molecule has 0 spiro atoms. The van der Waals surface area contributed by atoms with Crippen LogP contribution in [-0.2, 0) is 11.2 Å². The van der Waals surface area contributed by atoms with Crippen molar-refractivity contribution in [3.05, 3.63) is 39.7 Å². The summed E-state index contributed by atoms with van der Waals surface area (Å²) in [6.07, 6.45) is 0.712. The largest absolute Gasteiger partial charge is 0.497 e. The van der Waals surface area contributed by atoms with Crippen molar-refractivity contribution in [1.29, 1.82) is 0 Å². The molecular weight excluding hydrogens is 320 g/mol. The molecule has 1 N–H and O–H groups in total. The highest BCUT2D eigenvalue weighted by Crippen LogP contribution is 2.24. The molecule has 1 aromatic heterocycles. The molecule has 0 unspecified atom stereocenters. The van der Waals surface area contributed by atoms with E-state index in [2.05, 4.69) is 5.32 Å². The number of nitrogens with one attached hydrogen (secondary N) is 1. The Balaban J connectivity index is 1.81. The summed E-state index contributed by atoms with van der Waals surface area (Å²) in [4.78, 5) is 26.8. The quantitative estimate of drug-likeness (QED) is 0.857. The van der Waals surface area contributed by atoms with Crippen molar-refractivity contribution < 1.29 is 13.9 Å². The van der Waals surface area contributed by atoms with Crippen LogP contribution >= 0.6 is 0 Å². The molecule has 6 heteroatoms.